The Morgan fingerprint density at radius 1 is 1.09 bits per heavy atom. The van der Waals surface area contributed by atoms with Crippen molar-refractivity contribution in [3.8, 4) is 5.75 Å². The molecule has 23 heavy (non-hydrogen) atoms. The largest absolute Gasteiger partial charge is 0.495 e. The molecule has 0 saturated carbocycles. The first-order chi connectivity index (χ1) is 11.0. The Hall–Kier alpha value is -2.82. The molecule has 0 radical (unpaired) electrons. The molecule has 0 heterocycles. The van der Waals surface area contributed by atoms with E-state index in [1.54, 1.807) is 42.5 Å². The second-order valence-electron chi connectivity index (χ2n) is 5.11. The topological polar surface area (TPSA) is 64.6 Å². The van der Waals surface area contributed by atoms with Crippen LogP contribution in [0.1, 0.15) is 22.8 Å². The normalized spacial score (nSPS) is 11.4. The zero-order chi connectivity index (χ0) is 16.8. The summed E-state index contributed by atoms with van der Waals surface area (Å²) in [6.07, 6.45) is -0.923. The van der Waals surface area contributed by atoms with Crippen LogP contribution >= 0.6 is 0 Å². The average molecular weight is 313 g/mol. The number of ether oxygens (including phenoxy) is 2. The van der Waals surface area contributed by atoms with Crippen molar-refractivity contribution in [2.75, 3.05) is 12.4 Å². The van der Waals surface area contributed by atoms with Crippen LogP contribution in [0, 0.1) is 6.92 Å². The number of esters is 1. The second-order valence-corrected chi connectivity index (χ2v) is 5.11. The Morgan fingerprint density at radius 3 is 2.43 bits per heavy atom. The summed E-state index contributed by atoms with van der Waals surface area (Å²) in [5.74, 6) is -0.409. The molecule has 0 saturated heterocycles. The fourth-order valence-electron chi connectivity index (χ4n) is 2.01. The quantitative estimate of drug-likeness (QED) is 0.861. The Kier molecular flexibility index (Phi) is 5.36. The number of hydrogen-bond donors (Lipinski definition) is 1. The Balaban J connectivity index is 2.03. The molecule has 0 aromatic heterocycles. The van der Waals surface area contributed by atoms with Crippen molar-refractivity contribution < 1.29 is 19.1 Å². The van der Waals surface area contributed by atoms with Gasteiger partial charge in [-0.15, -0.1) is 0 Å². The zero-order valence-corrected chi connectivity index (χ0v) is 13.3. The molecule has 0 aliphatic carbocycles. The van der Waals surface area contributed by atoms with Gasteiger partial charge in [0.15, 0.2) is 6.10 Å². The third kappa shape index (κ3) is 4.32. The molecule has 1 atom stereocenters. The number of rotatable bonds is 5. The van der Waals surface area contributed by atoms with Gasteiger partial charge in [0.1, 0.15) is 5.75 Å². The molecule has 0 unspecified atom stereocenters. The van der Waals surface area contributed by atoms with Gasteiger partial charge in [-0.25, -0.2) is 4.79 Å². The van der Waals surface area contributed by atoms with Gasteiger partial charge in [0.25, 0.3) is 5.91 Å². The highest BCUT2D eigenvalue weighted by Gasteiger charge is 2.20. The lowest BCUT2D eigenvalue weighted by Crippen LogP contribution is -2.30. The average Bonchev–Trinajstić information content (AvgIpc) is 2.55. The van der Waals surface area contributed by atoms with Crippen LogP contribution in [-0.2, 0) is 9.53 Å². The Labute approximate surface area is 135 Å². The Bertz CT molecular complexity index is 697. The number of aryl methyl sites for hydroxylation is 1. The number of benzene rings is 2. The molecule has 5 nitrogen and oxygen atoms in total. The molecule has 2 aromatic rings. The van der Waals surface area contributed by atoms with Gasteiger partial charge in [0, 0.05) is 0 Å². The number of anilines is 1. The molecule has 1 amide bonds. The predicted octanol–water partition coefficient (Wildman–Crippen LogP) is 3.19. The van der Waals surface area contributed by atoms with Crippen molar-refractivity contribution in [3.63, 3.8) is 0 Å². The van der Waals surface area contributed by atoms with Gasteiger partial charge in [-0.05, 0) is 43.7 Å². The molecule has 2 aromatic carbocycles. The van der Waals surface area contributed by atoms with Crippen molar-refractivity contribution >= 4 is 17.6 Å². The van der Waals surface area contributed by atoms with Gasteiger partial charge in [-0.1, -0.05) is 24.3 Å². The van der Waals surface area contributed by atoms with Crippen molar-refractivity contribution in [2.24, 2.45) is 0 Å². The lowest BCUT2D eigenvalue weighted by molar-refractivity contribution is -0.123. The molecule has 5 heteroatoms. The van der Waals surface area contributed by atoms with E-state index in [-0.39, 0.29) is 0 Å². The van der Waals surface area contributed by atoms with E-state index in [9.17, 15) is 9.59 Å². The standard InChI is InChI=1S/C18H19NO4/c1-12-9-10-16(22-3)15(11-12)19-17(20)13(2)23-18(21)14-7-5-4-6-8-14/h4-11,13H,1-3H3,(H,19,20)/t13-/m0/s1. The summed E-state index contributed by atoms with van der Waals surface area (Å²) in [7, 11) is 1.53. The van der Waals surface area contributed by atoms with Crippen LogP contribution in [0.5, 0.6) is 5.75 Å². The summed E-state index contributed by atoms with van der Waals surface area (Å²) in [6.45, 7) is 3.44. The predicted molar refractivity (Wildman–Crippen MR) is 87.7 cm³/mol. The maximum atomic E-state index is 12.2. The van der Waals surface area contributed by atoms with E-state index >= 15 is 0 Å². The number of hydrogen-bond acceptors (Lipinski definition) is 4. The van der Waals surface area contributed by atoms with E-state index < -0.39 is 18.0 Å². The molecular formula is C18H19NO4. The molecule has 0 fully saturated rings. The van der Waals surface area contributed by atoms with Crippen LogP contribution in [0.2, 0.25) is 0 Å². The fraction of sp³-hybridized carbons (Fsp3) is 0.222. The first-order valence-electron chi connectivity index (χ1n) is 7.23. The molecule has 0 aliphatic rings. The van der Waals surface area contributed by atoms with Crippen LogP contribution < -0.4 is 10.1 Å². The lowest BCUT2D eigenvalue weighted by Gasteiger charge is -2.15. The van der Waals surface area contributed by atoms with E-state index in [1.165, 1.54) is 14.0 Å². The fourth-order valence-corrected chi connectivity index (χ4v) is 2.01. The third-order valence-corrected chi connectivity index (χ3v) is 3.28. The van der Waals surface area contributed by atoms with Crippen LogP contribution in [0.15, 0.2) is 48.5 Å². The monoisotopic (exact) mass is 313 g/mol. The molecule has 1 N–H and O–H groups in total. The Morgan fingerprint density at radius 2 is 1.78 bits per heavy atom. The highest BCUT2D eigenvalue weighted by atomic mass is 16.5. The van der Waals surface area contributed by atoms with E-state index in [2.05, 4.69) is 5.32 Å². The number of carbonyl (C=O) groups is 2. The van der Waals surface area contributed by atoms with Gasteiger partial charge < -0.3 is 14.8 Å². The van der Waals surface area contributed by atoms with Crippen LogP contribution in [-0.4, -0.2) is 25.1 Å². The number of carbonyl (C=O) groups excluding carboxylic acids is 2. The first kappa shape index (κ1) is 16.5. The minimum atomic E-state index is -0.923. The maximum Gasteiger partial charge on any atom is 0.338 e. The van der Waals surface area contributed by atoms with Crippen LogP contribution in [0.25, 0.3) is 0 Å². The number of amides is 1. The summed E-state index contributed by atoms with van der Waals surface area (Å²) in [5, 5.41) is 2.72. The summed E-state index contributed by atoms with van der Waals surface area (Å²) < 4.78 is 10.4. The smallest absolute Gasteiger partial charge is 0.338 e. The van der Waals surface area contributed by atoms with Gasteiger partial charge >= 0.3 is 5.97 Å². The minimum absolute atomic E-state index is 0.403. The molecule has 0 bridgehead atoms. The molecule has 0 spiro atoms. The zero-order valence-electron chi connectivity index (χ0n) is 13.3. The van der Waals surface area contributed by atoms with Gasteiger partial charge in [-0.3, -0.25) is 4.79 Å². The van der Waals surface area contributed by atoms with Crippen molar-refractivity contribution in [2.45, 2.75) is 20.0 Å². The summed E-state index contributed by atoms with van der Waals surface area (Å²) in [4.78, 5) is 24.2. The van der Waals surface area contributed by atoms with Gasteiger partial charge in [0.2, 0.25) is 0 Å². The summed E-state index contributed by atoms with van der Waals surface area (Å²) in [6, 6.07) is 14.0. The van der Waals surface area contributed by atoms with E-state index in [1.807, 2.05) is 13.0 Å². The number of methoxy groups -OCH3 is 1. The van der Waals surface area contributed by atoms with E-state index in [4.69, 9.17) is 9.47 Å². The van der Waals surface area contributed by atoms with Gasteiger partial charge in [-0.2, -0.15) is 0 Å². The van der Waals surface area contributed by atoms with Crippen molar-refractivity contribution in [3.05, 3.63) is 59.7 Å². The third-order valence-electron chi connectivity index (χ3n) is 3.28. The molecule has 2 rings (SSSR count). The molecular weight excluding hydrogens is 294 g/mol. The summed E-state index contributed by atoms with van der Waals surface area (Å²) in [5.41, 5.74) is 1.93. The first-order valence-corrected chi connectivity index (χ1v) is 7.23. The second kappa shape index (κ2) is 7.45. The summed E-state index contributed by atoms with van der Waals surface area (Å²) >= 11 is 0. The molecule has 120 valence electrons. The highest BCUT2D eigenvalue weighted by Crippen LogP contribution is 2.25. The minimum Gasteiger partial charge on any atom is -0.495 e. The van der Waals surface area contributed by atoms with Crippen molar-refractivity contribution in [1.29, 1.82) is 0 Å². The van der Waals surface area contributed by atoms with E-state index in [0.29, 0.717) is 17.0 Å². The van der Waals surface area contributed by atoms with Crippen LogP contribution in [0.4, 0.5) is 5.69 Å². The highest BCUT2D eigenvalue weighted by molar-refractivity contribution is 5.98. The molecule has 0 aliphatic heterocycles. The maximum absolute atomic E-state index is 12.2. The number of nitrogens with one attached hydrogen (secondary N) is 1. The SMILES string of the molecule is COc1ccc(C)cc1NC(=O)[C@H](C)OC(=O)c1ccccc1. The van der Waals surface area contributed by atoms with E-state index in [0.717, 1.165) is 5.56 Å². The van der Waals surface area contributed by atoms with Gasteiger partial charge in [0.05, 0.1) is 18.4 Å². The van der Waals surface area contributed by atoms with Crippen LogP contribution in [0.3, 0.4) is 0 Å². The van der Waals surface area contributed by atoms with Crippen molar-refractivity contribution in [1.82, 2.24) is 0 Å². The lowest BCUT2D eigenvalue weighted by atomic mass is 10.2.